The lowest BCUT2D eigenvalue weighted by molar-refractivity contribution is 0.0951. The number of hydrogen-bond donors (Lipinski definition) is 2. The molecular formula is C27H22Cl2N4O4. The number of rotatable bonds is 8. The number of amides is 1. The van der Waals surface area contributed by atoms with Crippen LogP contribution in [-0.2, 0) is 0 Å². The third kappa shape index (κ3) is 5.71. The maximum Gasteiger partial charge on any atom is 0.299 e. The van der Waals surface area contributed by atoms with Gasteiger partial charge >= 0.3 is 0 Å². The van der Waals surface area contributed by atoms with Gasteiger partial charge in [-0.25, -0.2) is 0 Å². The molecule has 4 aromatic rings. The van der Waals surface area contributed by atoms with Crippen molar-refractivity contribution in [1.82, 2.24) is 15.1 Å². The molecule has 8 nitrogen and oxygen atoms in total. The van der Waals surface area contributed by atoms with Gasteiger partial charge in [-0.2, -0.15) is 9.78 Å². The Morgan fingerprint density at radius 3 is 2.46 bits per heavy atom. The van der Waals surface area contributed by atoms with Crippen LogP contribution in [0, 0.1) is 0 Å². The Morgan fingerprint density at radius 1 is 1.00 bits per heavy atom. The lowest BCUT2D eigenvalue weighted by Crippen LogP contribution is -2.25. The van der Waals surface area contributed by atoms with Crippen LogP contribution in [0.3, 0.4) is 0 Å². The number of halogens is 2. The van der Waals surface area contributed by atoms with E-state index >= 15 is 0 Å². The maximum absolute atomic E-state index is 13.6. The second-order valence-corrected chi connectivity index (χ2v) is 9.24. The average Bonchev–Trinajstić information content (AvgIpc) is 3.72. The number of carbonyl (C=O) groups excluding carboxylic acids is 1. The molecule has 1 aromatic heterocycles. The Labute approximate surface area is 222 Å². The molecule has 0 atom stereocenters. The molecule has 0 bridgehead atoms. The fourth-order valence-corrected chi connectivity index (χ4v) is 3.87. The molecule has 1 heterocycles. The molecule has 5 rings (SSSR count). The Hall–Kier alpha value is -4.01. The predicted molar refractivity (Wildman–Crippen MR) is 143 cm³/mol. The number of hydrogen-bond acceptors (Lipinski definition) is 6. The van der Waals surface area contributed by atoms with Crippen LogP contribution in [0.4, 0.5) is 11.4 Å². The highest BCUT2D eigenvalue weighted by Crippen LogP contribution is 2.31. The summed E-state index contributed by atoms with van der Waals surface area (Å²) in [5.41, 5.74) is 1.07. The number of ether oxygens (including phenoxy) is 2. The van der Waals surface area contributed by atoms with Gasteiger partial charge in [0.05, 0.1) is 29.0 Å². The summed E-state index contributed by atoms with van der Waals surface area (Å²) in [7, 11) is 1.57. The summed E-state index contributed by atoms with van der Waals surface area (Å²) in [6.45, 7) is 0. The van der Waals surface area contributed by atoms with Gasteiger partial charge in [-0.3, -0.25) is 9.59 Å². The molecule has 1 amide bonds. The van der Waals surface area contributed by atoms with Crippen LogP contribution in [0.25, 0.3) is 5.69 Å². The largest absolute Gasteiger partial charge is 0.497 e. The molecule has 0 unspecified atom stereocenters. The van der Waals surface area contributed by atoms with E-state index in [2.05, 4.69) is 15.7 Å². The smallest absolute Gasteiger partial charge is 0.299 e. The molecular weight excluding hydrogens is 515 g/mol. The summed E-state index contributed by atoms with van der Waals surface area (Å²) in [6.07, 6.45) is 3.40. The molecule has 2 N–H and O–H groups in total. The quantitative estimate of drug-likeness (QED) is 0.288. The average molecular weight is 537 g/mol. The summed E-state index contributed by atoms with van der Waals surface area (Å²) >= 11 is 12.2. The summed E-state index contributed by atoms with van der Waals surface area (Å²) in [6, 6.07) is 18.8. The van der Waals surface area contributed by atoms with Crippen LogP contribution < -0.4 is 25.7 Å². The lowest BCUT2D eigenvalue weighted by Gasteiger charge is -2.15. The highest BCUT2D eigenvalue weighted by Gasteiger charge is 2.24. The van der Waals surface area contributed by atoms with E-state index < -0.39 is 5.56 Å². The Morgan fingerprint density at radius 2 is 1.76 bits per heavy atom. The number of aromatic nitrogens is 2. The topological polar surface area (TPSA) is 94.5 Å². The van der Waals surface area contributed by atoms with Crippen LogP contribution in [-0.4, -0.2) is 28.8 Å². The number of nitrogens with zero attached hydrogens (tertiary/aromatic N) is 2. The Balaban J connectivity index is 1.53. The molecule has 3 aromatic carbocycles. The van der Waals surface area contributed by atoms with Crippen LogP contribution in [0.2, 0.25) is 10.0 Å². The minimum absolute atomic E-state index is 0.122. The van der Waals surface area contributed by atoms with Gasteiger partial charge in [0.25, 0.3) is 11.5 Å². The molecule has 0 aliphatic heterocycles. The molecule has 1 aliphatic carbocycles. The molecule has 1 aliphatic rings. The second kappa shape index (κ2) is 10.5. The minimum atomic E-state index is -0.489. The molecule has 37 heavy (non-hydrogen) atoms. The summed E-state index contributed by atoms with van der Waals surface area (Å²) in [5.74, 6) is 1.18. The number of methoxy groups -OCH3 is 1. The van der Waals surface area contributed by atoms with Crippen molar-refractivity contribution in [1.29, 1.82) is 0 Å². The standard InChI is InChI=1S/C27H22Cl2N4O4/c1-36-20-8-10-21(11-9-20)37-24-15-30-33(19-7-12-22(28)23(29)14-19)27(35)25(24)31-18-4-2-3-16(13-18)26(34)32-17-5-6-17/h2-4,7-15,17,31H,5-6H2,1H3,(H,32,34). The maximum atomic E-state index is 13.6. The molecule has 1 fully saturated rings. The van der Waals surface area contributed by atoms with Gasteiger partial charge in [-0.15, -0.1) is 0 Å². The first kappa shape index (κ1) is 24.7. The molecule has 0 radical (unpaired) electrons. The molecule has 188 valence electrons. The van der Waals surface area contributed by atoms with Gasteiger partial charge in [0, 0.05) is 17.3 Å². The summed E-state index contributed by atoms with van der Waals surface area (Å²) in [5, 5.41) is 11.0. The van der Waals surface area contributed by atoms with Crippen molar-refractivity contribution in [2.75, 3.05) is 12.4 Å². The van der Waals surface area contributed by atoms with Gasteiger partial charge < -0.3 is 20.1 Å². The van der Waals surface area contributed by atoms with E-state index in [1.165, 1.54) is 10.9 Å². The zero-order valence-electron chi connectivity index (χ0n) is 19.7. The SMILES string of the molecule is COc1ccc(Oc2cnn(-c3ccc(Cl)c(Cl)c3)c(=O)c2Nc2cccc(C(=O)NC3CC3)c2)cc1. The van der Waals surface area contributed by atoms with Crippen LogP contribution in [0.1, 0.15) is 23.2 Å². The Kier molecular flexibility index (Phi) is 7.03. The van der Waals surface area contributed by atoms with Crippen molar-refractivity contribution in [2.24, 2.45) is 0 Å². The van der Waals surface area contributed by atoms with Crippen molar-refractivity contribution in [2.45, 2.75) is 18.9 Å². The van der Waals surface area contributed by atoms with Crippen LogP contribution in [0.5, 0.6) is 17.2 Å². The highest BCUT2D eigenvalue weighted by atomic mass is 35.5. The van der Waals surface area contributed by atoms with Crippen molar-refractivity contribution in [3.63, 3.8) is 0 Å². The first-order chi connectivity index (χ1) is 17.9. The number of anilines is 2. The fourth-order valence-electron chi connectivity index (χ4n) is 3.58. The van der Waals surface area contributed by atoms with Crippen molar-refractivity contribution in [3.05, 3.63) is 98.9 Å². The first-order valence-corrected chi connectivity index (χ1v) is 12.2. The van der Waals surface area contributed by atoms with Gasteiger partial charge in [-0.05, 0) is 73.5 Å². The van der Waals surface area contributed by atoms with Gasteiger partial charge in [0.15, 0.2) is 11.4 Å². The minimum Gasteiger partial charge on any atom is -0.497 e. The number of nitrogens with one attached hydrogen (secondary N) is 2. The van der Waals surface area contributed by atoms with E-state index in [0.717, 1.165) is 12.8 Å². The van der Waals surface area contributed by atoms with Crippen molar-refractivity contribution < 1.29 is 14.3 Å². The van der Waals surface area contributed by atoms with Crippen LogP contribution >= 0.6 is 23.2 Å². The highest BCUT2D eigenvalue weighted by molar-refractivity contribution is 6.42. The summed E-state index contributed by atoms with van der Waals surface area (Å²) < 4.78 is 12.4. The van der Waals surface area contributed by atoms with Crippen LogP contribution in [0.15, 0.2) is 77.7 Å². The summed E-state index contributed by atoms with van der Waals surface area (Å²) in [4.78, 5) is 26.2. The van der Waals surface area contributed by atoms with E-state index in [9.17, 15) is 9.59 Å². The van der Waals surface area contributed by atoms with Crippen molar-refractivity contribution in [3.8, 4) is 22.9 Å². The normalized spacial score (nSPS) is 12.6. The third-order valence-electron chi connectivity index (χ3n) is 5.68. The van der Waals surface area contributed by atoms with E-state index in [1.54, 1.807) is 73.8 Å². The van der Waals surface area contributed by atoms with Gasteiger partial charge in [0.2, 0.25) is 0 Å². The van der Waals surface area contributed by atoms with Crippen molar-refractivity contribution >= 4 is 40.5 Å². The lowest BCUT2D eigenvalue weighted by atomic mass is 10.2. The van der Waals surface area contributed by atoms with E-state index in [1.807, 2.05) is 0 Å². The Bertz CT molecular complexity index is 1520. The van der Waals surface area contributed by atoms with E-state index in [-0.39, 0.29) is 28.4 Å². The van der Waals surface area contributed by atoms with E-state index in [4.69, 9.17) is 32.7 Å². The molecule has 0 spiro atoms. The number of carbonyl (C=O) groups is 1. The van der Waals surface area contributed by atoms with Gasteiger partial charge in [0.1, 0.15) is 11.5 Å². The zero-order chi connectivity index (χ0) is 25.9. The zero-order valence-corrected chi connectivity index (χ0v) is 21.2. The molecule has 0 saturated heterocycles. The van der Waals surface area contributed by atoms with E-state index in [0.29, 0.717) is 33.5 Å². The number of benzene rings is 3. The molecule has 10 heteroatoms. The second-order valence-electron chi connectivity index (χ2n) is 8.43. The third-order valence-corrected chi connectivity index (χ3v) is 6.42. The monoisotopic (exact) mass is 536 g/mol. The fraction of sp³-hybridized carbons (Fsp3) is 0.148. The predicted octanol–water partition coefficient (Wildman–Crippen LogP) is 5.98. The van der Waals surface area contributed by atoms with Gasteiger partial charge in [-0.1, -0.05) is 29.3 Å². The molecule has 1 saturated carbocycles. The first-order valence-electron chi connectivity index (χ1n) is 11.5.